The van der Waals surface area contributed by atoms with Crippen molar-refractivity contribution in [3.8, 4) is 0 Å². The molecule has 22 heavy (non-hydrogen) atoms. The number of rotatable bonds is 3. The van der Waals surface area contributed by atoms with Gasteiger partial charge in [-0.1, -0.05) is 39.8 Å². The van der Waals surface area contributed by atoms with Crippen molar-refractivity contribution < 1.29 is 9.53 Å². The van der Waals surface area contributed by atoms with Gasteiger partial charge >= 0.3 is 5.97 Å². The van der Waals surface area contributed by atoms with E-state index in [1.165, 1.54) is 35.6 Å². The van der Waals surface area contributed by atoms with E-state index >= 15 is 0 Å². The lowest BCUT2D eigenvalue weighted by Crippen LogP contribution is -2.34. The molecule has 1 aromatic carbocycles. The molecule has 0 aliphatic heterocycles. The minimum Gasteiger partial charge on any atom is -0.463 e. The zero-order valence-electron chi connectivity index (χ0n) is 14.7. The molecule has 2 nitrogen and oxygen atoms in total. The zero-order chi connectivity index (χ0) is 16.5. The fourth-order valence-electron chi connectivity index (χ4n) is 3.27. The Balaban J connectivity index is 2.46. The van der Waals surface area contributed by atoms with Crippen LogP contribution in [0.1, 0.15) is 69.7 Å². The molecule has 0 radical (unpaired) electrons. The minimum atomic E-state index is -0.279. The molecule has 0 amide bonds. The predicted molar refractivity (Wildman–Crippen MR) is 92.1 cm³/mol. The molecule has 0 fully saturated rings. The van der Waals surface area contributed by atoms with Crippen molar-refractivity contribution in [2.24, 2.45) is 0 Å². The monoisotopic (exact) mass is 300 g/mol. The van der Waals surface area contributed by atoms with Crippen LogP contribution in [0.3, 0.4) is 0 Å². The average Bonchev–Trinajstić information content (AvgIpc) is 2.43. The molecule has 120 valence electrons. The van der Waals surface area contributed by atoms with Crippen molar-refractivity contribution in [1.29, 1.82) is 0 Å². The second kappa shape index (κ2) is 5.91. The maximum Gasteiger partial charge on any atom is 0.330 e. The Bertz CT molecular complexity index is 606. The smallest absolute Gasteiger partial charge is 0.330 e. The molecule has 0 spiro atoms. The number of hydrogen-bond donors (Lipinski definition) is 0. The number of aryl methyl sites for hydroxylation is 1. The molecular formula is C20H28O2. The van der Waals surface area contributed by atoms with Gasteiger partial charge in [0.05, 0.1) is 6.61 Å². The van der Waals surface area contributed by atoms with Gasteiger partial charge in [0.15, 0.2) is 0 Å². The van der Waals surface area contributed by atoms with Gasteiger partial charge in [0, 0.05) is 6.08 Å². The van der Waals surface area contributed by atoms with Crippen LogP contribution in [-0.4, -0.2) is 12.6 Å². The van der Waals surface area contributed by atoms with Crippen molar-refractivity contribution in [1.82, 2.24) is 0 Å². The van der Waals surface area contributed by atoms with Crippen LogP contribution in [0, 0.1) is 6.92 Å². The van der Waals surface area contributed by atoms with Crippen molar-refractivity contribution in [2.75, 3.05) is 6.61 Å². The summed E-state index contributed by atoms with van der Waals surface area (Å²) in [5, 5.41) is 0. The third-order valence-electron chi connectivity index (χ3n) is 4.93. The summed E-state index contributed by atoms with van der Waals surface area (Å²) in [5.41, 5.74) is 5.60. The molecule has 0 saturated carbocycles. The molecule has 0 aromatic heterocycles. The highest BCUT2D eigenvalue weighted by Gasteiger charge is 2.37. The lowest BCUT2D eigenvalue weighted by atomic mass is 9.62. The first kappa shape index (κ1) is 16.8. The van der Waals surface area contributed by atoms with Gasteiger partial charge in [0.2, 0.25) is 0 Å². The second-order valence-corrected chi connectivity index (χ2v) is 7.61. The Morgan fingerprint density at radius 1 is 1.14 bits per heavy atom. The molecule has 1 aromatic rings. The number of fused-ring (bicyclic) bond motifs is 1. The van der Waals surface area contributed by atoms with E-state index in [1.807, 2.05) is 13.0 Å². The van der Waals surface area contributed by atoms with Gasteiger partial charge in [0.25, 0.3) is 0 Å². The number of esters is 1. The highest BCUT2D eigenvalue weighted by molar-refractivity contribution is 5.87. The van der Waals surface area contributed by atoms with Gasteiger partial charge in [-0.2, -0.15) is 0 Å². The van der Waals surface area contributed by atoms with Gasteiger partial charge < -0.3 is 4.74 Å². The largest absolute Gasteiger partial charge is 0.463 e. The fourth-order valence-corrected chi connectivity index (χ4v) is 3.27. The highest BCUT2D eigenvalue weighted by Crippen LogP contribution is 2.46. The fraction of sp³-hybridized carbons (Fsp3) is 0.550. The van der Waals surface area contributed by atoms with E-state index in [9.17, 15) is 4.79 Å². The molecule has 0 N–H and O–H groups in total. The number of carbonyl (C=O) groups is 1. The van der Waals surface area contributed by atoms with Crippen LogP contribution >= 0.6 is 0 Å². The summed E-state index contributed by atoms with van der Waals surface area (Å²) in [6, 6.07) is 4.57. The van der Waals surface area contributed by atoms with E-state index in [2.05, 4.69) is 46.8 Å². The zero-order valence-corrected chi connectivity index (χ0v) is 14.7. The molecule has 2 heteroatoms. The summed E-state index contributed by atoms with van der Waals surface area (Å²) in [6.07, 6.45) is 5.81. The maximum atomic E-state index is 11.5. The Morgan fingerprint density at radius 2 is 1.68 bits per heavy atom. The van der Waals surface area contributed by atoms with Gasteiger partial charge in [-0.3, -0.25) is 0 Å². The number of carbonyl (C=O) groups excluding carboxylic acids is 1. The van der Waals surface area contributed by atoms with E-state index in [0.29, 0.717) is 6.61 Å². The molecule has 0 unspecified atom stereocenters. The third-order valence-corrected chi connectivity index (χ3v) is 4.93. The summed E-state index contributed by atoms with van der Waals surface area (Å²) >= 11 is 0. The Morgan fingerprint density at radius 3 is 2.23 bits per heavy atom. The van der Waals surface area contributed by atoms with Crippen LogP contribution < -0.4 is 0 Å². The van der Waals surface area contributed by atoms with Crippen LogP contribution in [0.4, 0.5) is 0 Å². The second-order valence-electron chi connectivity index (χ2n) is 7.61. The summed E-state index contributed by atoms with van der Waals surface area (Å²) < 4.78 is 4.96. The summed E-state index contributed by atoms with van der Waals surface area (Å²) in [6.45, 7) is 13.6. The van der Waals surface area contributed by atoms with Crippen LogP contribution in [0.2, 0.25) is 0 Å². The maximum absolute atomic E-state index is 11.5. The molecule has 0 heterocycles. The highest BCUT2D eigenvalue weighted by atomic mass is 16.5. The number of hydrogen-bond acceptors (Lipinski definition) is 2. The molecule has 0 saturated heterocycles. The Hall–Kier alpha value is -1.57. The molecule has 2 rings (SSSR count). The number of ether oxygens (including phenoxy) is 1. The van der Waals surface area contributed by atoms with E-state index in [0.717, 1.165) is 5.56 Å². The SMILES string of the molecule is CCOC(=O)C=Cc1cc2c(cc1C)C(C)(C)CCC2(C)C. The van der Waals surface area contributed by atoms with Crippen LogP contribution in [0.15, 0.2) is 18.2 Å². The quantitative estimate of drug-likeness (QED) is 0.585. The van der Waals surface area contributed by atoms with E-state index in [1.54, 1.807) is 0 Å². The van der Waals surface area contributed by atoms with Crippen molar-refractivity contribution in [3.05, 3.63) is 40.5 Å². The Kier molecular flexibility index (Phi) is 4.51. The van der Waals surface area contributed by atoms with Gasteiger partial charge in [-0.05, 0) is 65.8 Å². The lowest BCUT2D eigenvalue weighted by Gasteiger charge is -2.42. The van der Waals surface area contributed by atoms with E-state index in [-0.39, 0.29) is 16.8 Å². The average molecular weight is 300 g/mol. The van der Waals surface area contributed by atoms with E-state index < -0.39 is 0 Å². The first-order valence-corrected chi connectivity index (χ1v) is 8.18. The van der Waals surface area contributed by atoms with Gasteiger partial charge in [-0.15, -0.1) is 0 Å². The summed E-state index contributed by atoms with van der Waals surface area (Å²) in [5.74, 6) is -0.279. The summed E-state index contributed by atoms with van der Waals surface area (Å²) in [4.78, 5) is 11.5. The third kappa shape index (κ3) is 3.26. The van der Waals surface area contributed by atoms with E-state index in [4.69, 9.17) is 4.74 Å². The topological polar surface area (TPSA) is 26.3 Å². The lowest BCUT2D eigenvalue weighted by molar-refractivity contribution is -0.137. The molecule has 1 aliphatic rings. The van der Waals surface area contributed by atoms with Crippen LogP contribution in [-0.2, 0) is 20.4 Å². The predicted octanol–water partition coefficient (Wildman–Crippen LogP) is 4.92. The van der Waals surface area contributed by atoms with Gasteiger partial charge in [0.1, 0.15) is 0 Å². The molecule has 1 aliphatic carbocycles. The van der Waals surface area contributed by atoms with Crippen molar-refractivity contribution >= 4 is 12.0 Å². The van der Waals surface area contributed by atoms with Crippen molar-refractivity contribution in [2.45, 2.75) is 65.2 Å². The molecule has 0 atom stereocenters. The summed E-state index contributed by atoms with van der Waals surface area (Å²) in [7, 11) is 0. The van der Waals surface area contributed by atoms with Crippen LogP contribution in [0.25, 0.3) is 6.08 Å². The number of benzene rings is 1. The normalized spacial score (nSPS) is 19.0. The van der Waals surface area contributed by atoms with Crippen molar-refractivity contribution in [3.63, 3.8) is 0 Å². The molecular weight excluding hydrogens is 272 g/mol. The first-order valence-electron chi connectivity index (χ1n) is 8.18. The minimum absolute atomic E-state index is 0.186. The Labute approximate surface area is 134 Å². The molecule has 0 bridgehead atoms. The standard InChI is InChI=1S/C20H28O2/c1-7-22-18(21)9-8-15-13-17-16(12-14(15)2)19(3,4)10-11-20(17,5)6/h8-9,12-13H,7,10-11H2,1-6H3. The van der Waals surface area contributed by atoms with Crippen LogP contribution in [0.5, 0.6) is 0 Å². The van der Waals surface area contributed by atoms with Gasteiger partial charge in [-0.25, -0.2) is 4.79 Å². The first-order chi connectivity index (χ1) is 10.2.